The first kappa shape index (κ1) is 23.1. The minimum Gasteiger partial charge on any atom is -0.504 e. The summed E-state index contributed by atoms with van der Waals surface area (Å²) in [5.41, 5.74) is 1.54. The summed E-state index contributed by atoms with van der Waals surface area (Å²) in [6.07, 6.45) is 2.76. The number of phenolic OH excluding ortho intramolecular Hbond substituents is 1. The molecule has 0 aromatic heterocycles. The van der Waals surface area contributed by atoms with Gasteiger partial charge in [0.2, 0.25) is 0 Å². The zero-order valence-electron chi connectivity index (χ0n) is 20.1. The van der Waals surface area contributed by atoms with E-state index in [-0.39, 0.29) is 23.4 Å². The molecule has 1 aromatic carbocycles. The van der Waals surface area contributed by atoms with Crippen molar-refractivity contribution in [3.8, 4) is 11.5 Å². The van der Waals surface area contributed by atoms with E-state index in [1.807, 2.05) is 6.07 Å². The number of piperidine rings is 1. The summed E-state index contributed by atoms with van der Waals surface area (Å²) in [5, 5.41) is 10.6. The van der Waals surface area contributed by atoms with Gasteiger partial charge in [0.1, 0.15) is 12.8 Å². The maximum absolute atomic E-state index is 13.4. The maximum atomic E-state index is 13.4. The fraction of sp³-hybridized carbons (Fsp3) is 0.625. The number of amides is 1. The van der Waals surface area contributed by atoms with Crippen LogP contribution >= 0.6 is 0 Å². The predicted octanol–water partition coefficient (Wildman–Crippen LogP) is 4.85. The van der Waals surface area contributed by atoms with Crippen LogP contribution in [0, 0.1) is 5.92 Å². The van der Waals surface area contributed by atoms with Gasteiger partial charge in [0, 0.05) is 18.7 Å². The number of nitrogens with zero attached hydrogens (tertiary/aromatic N) is 2. The summed E-state index contributed by atoms with van der Waals surface area (Å²) in [4.78, 5) is 17.5. The van der Waals surface area contributed by atoms with E-state index >= 15 is 0 Å². The molecule has 1 saturated carbocycles. The molecule has 3 aliphatic rings. The Labute approximate surface area is 192 Å². The number of rotatable bonds is 5. The number of carbonyl (C=O) groups excluding carboxylic acids is 1. The highest BCUT2D eigenvalue weighted by Gasteiger charge is 2.58. The van der Waals surface area contributed by atoms with Gasteiger partial charge < -0.3 is 19.0 Å². The SMILES string of the molecule is C=CCOC(=O)N1c2cc(O)c(OC)cc2CN2[C@@H](C[C@@H]3C[C@@H]32)C1O[Si](C)(C)C(C)(C)C. The summed E-state index contributed by atoms with van der Waals surface area (Å²) in [7, 11) is -0.702. The van der Waals surface area contributed by atoms with E-state index in [4.69, 9.17) is 13.9 Å². The van der Waals surface area contributed by atoms with Crippen LogP contribution in [0.4, 0.5) is 10.5 Å². The number of phenols is 1. The molecular formula is C24H36N2O5Si. The van der Waals surface area contributed by atoms with Gasteiger partial charge in [-0.2, -0.15) is 0 Å². The summed E-state index contributed by atoms with van der Waals surface area (Å²) >= 11 is 0. The fourth-order valence-electron chi connectivity index (χ4n) is 4.73. The third kappa shape index (κ3) is 3.93. The molecule has 4 rings (SSSR count). The number of methoxy groups -OCH3 is 1. The highest BCUT2D eigenvalue weighted by molar-refractivity contribution is 6.74. The van der Waals surface area contributed by atoms with Crippen LogP contribution in [-0.2, 0) is 15.7 Å². The summed E-state index contributed by atoms with van der Waals surface area (Å²) in [6, 6.07) is 4.03. The molecule has 2 fully saturated rings. The predicted molar refractivity (Wildman–Crippen MR) is 127 cm³/mol. The largest absolute Gasteiger partial charge is 0.504 e. The van der Waals surface area contributed by atoms with E-state index in [0.29, 0.717) is 29.9 Å². The Morgan fingerprint density at radius 3 is 2.59 bits per heavy atom. The lowest BCUT2D eigenvalue weighted by molar-refractivity contribution is 0.0612. The first-order valence-electron chi connectivity index (χ1n) is 11.4. The van der Waals surface area contributed by atoms with Crippen LogP contribution in [0.3, 0.4) is 0 Å². The standard InChI is InChI=1S/C24H36N2O5Si/c1-8-9-30-23(28)26-18-13-20(27)21(29-5)12-16(18)14-25-17-10-15(17)11-19(25)22(26)31-32(6,7)24(2,3)4/h8,12-13,15,17,19,22,27H,1,9-11,14H2,2-7H3/t15-,17-,19-,22?/m0/s1. The monoisotopic (exact) mass is 460 g/mol. The van der Waals surface area contributed by atoms with Crippen molar-refractivity contribution in [2.75, 3.05) is 18.6 Å². The summed E-state index contributed by atoms with van der Waals surface area (Å²) < 4.78 is 17.9. The third-order valence-corrected chi connectivity index (χ3v) is 12.0. The molecule has 4 atom stereocenters. The van der Waals surface area contributed by atoms with E-state index < -0.39 is 20.6 Å². The van der Waals surface area contributed by atoms with Crippen LogP contribution in [0.1, 0.15) is 39.2 Å². The maximum Gasteiger partial charge on any atom is 0.416 e. The van der Waals surface area contributed by atoms with E-state index in [1.165, 1.54) is 13.5 Å². The summed E-state index contributed by atoms with van der Waals surface area (Å²) in [5.74, 6) is 1.04. The van der Waals surface area contributed by atoms with Crippen molar-refractivity contribution in [3.05, 3.63) is 30.4 Å². The second-order valence-corrected chi connectivity index (χ2v) is 15.5. The number of aromatic hydroxyl groups is 1. The van der Waals surface area contributed by atoms with Gasteiger partial charge in [-0.15, -0.1) is 0 Å². The van der Waals surface area contributed by atoms with Gasteiger partial charge in [0.25, 0.3) is 0 Å². The van der Waals surface area contributed by atoms with Crippen molar-refractivity contribution < 1.29 is 23.8 Å². The molecule has 2 heterocycles. The second kappa shape index (κ2) is 8.08. The molecule has 2 aliphatic heterocycles. The zero-order chi connectivity index (χ0) is 23.4. The van der Waals surface area contributed by atoms with E-state index in [0.717, 1.165) is 12.0 Å². The number of carbonyl (C=O) groups is 1. The second-order valence-electron chi connectivity index (χ2n) is 10.7. The topological polar surface area (TPSA) is 71.5 Å². The Balaban J connectivity index is 1.84. The highest BCUT2D eigenvalue weighted by Crippen LogP contribution is 2.53. The first-order chi connectivity index (χ1) is 15.0. The van der Waals surface area contributed by atoms with Crippen LogP contribution < -0.4 is 9.64 Å². The van der Waals surface area contributed by atoms with Crippen LogP contribution in [-0.4, -0.2) is 56.4 Å². The van der Waals surface area contributed by atoms with Gasteiger partial charge in [0.15, 0.2) is 19.8 Å². The van der Waals surface area contributed by atoms with Crippen LogP contribution in [0.25, 0.3) is 0 Å². The van der Waals surface area contributed by atoms with Crippen molar-refractivity contribution >= 4 is 20.1 Å². The lowest BCUT2D eigenvalue weighted by atomic mass is 10.1. The number of anilines is 1. The average molecular weight is 461 g/mol. The lowest BCUT2D eigenvalue weighted by Crippen LogP contribution is -2.58. The van der Waals surface area contributed by atoms with Gasteiger partial charge in [0.05, 0.1) is 18.8 Å². The number of ether oxygens (including phenoxy) is 2. The molecule has 1 unspecified atom stereocenters. The smallest absolute Gasteiger partial charge is 0.416 e. The van der Waals surface area contributed by atoms with Gasteiger partial charge in [-0.3, -0.25) is 9.80 Å². The van der Waals surface area contributed by atoms with E-state index in [1.54, 1.807) is 17.0 Å². The molecule has 0 radical (unpaired) electrons. The van der Waals surface area contributed by atoms with Gasteiger partial charge >= 0.3 is 6.09 Å². The molecule has 1 aromatic rings. The molecule has 8 heteroatoms. The van der Waals surface area contributed by atoms with E-state index in [9.17, 15) is 9.90 Å². The molecule has 176 valence electrons. The third-order valence-electron chi connectivity index (χ3n) is 7.60. The van der Waals surface area contributed by atoms with Crippen LogP contribution in [0.15, 0.2) is 24.8 Å². The first-order valence-corrected chi connectivity index (χ1v) is 14.3. The van der Waals surface area contributed by atoms with E-state index in [2.05, 4.69) is 45.3 Å². The Bertz CT molecular complexity index is 912. The molecule has 1 aliphatic carbocycles. The number of hydrogen-bond acceptors (Lipinski definition) is 6. The molecule has 0 spiro atoms. The van der Waals surface area contributed by atoms with Crippen molar-refractivity contribution in [1.82, 2.24) is 4.90 Å². The molecule has 1 amide bonds. The molecular weight excluding hydrogens is 424 g/mol. The number of fused-ring (bicyclic) bond motifs is 4. The van der Waals surface area contributed by atoms with Crippen LogP contribution in [0.5, 0.6) is 11.5 Å². The van der Waals surface area contributed by atoms with Gasteiger partial charge in [-0.1, -0.05) is 33.4 Å². The van der Waals surface area contributed by atoms with Crippen LogP contribution in [0.2, 0.25) is 18.1 Å². The van der Waals surface area contributed by atoms with Gasteiger partial charge in [-0.05, 0) is 48.5 Å². The molecule has 32 heavy (non-hydrogen) atoms. The normalized spacial score (nSPS) is 27.1. The molecule has 1 N–H and O–H groups in total. The van der Waals surface area contributed by atoms with Crippen molar-refractivity contribution in [2.45, 2.75) is 76.6 Å². The van der Waals surface area contributed by atoms with Crippen molar-refractivity contribution in [3.63, 3.8) is 0 Å². The van der Waals surface area contributed by atoms with Crippen molar-refractivity contribution in [1.29, 1.82) is 0 Å². The number of hydrogen-bond donors (Lipinski definition) is 1. The minimum absolute atomic E-state index is 0.00907. The Morgan fingerprint density at radius 1 is 1.28 bits per heavy atom. The number of benzene rings is 1. The quantitative estimate of drug-likeness (QED) is 0.500. The Hall–Kier alpha value is -2.03. The lowest BCUT2D eigenvalue weighted by Gasteiger charge is -2.45. The zero-order valence-corrected chi connectivity index (χ0v) is 21.1. The molecule has 7 nitrogen and oxygen atoms in total. The molecule has 1 saturated heterocycles. The van der Waals surface area contributed by atoms with Crippen molar-refractivity contribution in [2.24, 2.45) is 5.92 Å². The fourth-order valence-corrected chi connectivity index (χ4v) is 5.95. The van der Waals surface area contributed by atoms with Gasteiger partial charge in [-0.25, -0.2) is 4.79 Å². The average Bonchev–Trinajstić information content (AvgIpc) is 3.41. The highest BCUT2D eigenvalue weighted by atomic mass is 28.4. The molecule has 0 bridgehead atoms. The minimum atomic E-state index is -2.24. The Kier molecular flexibility index (Phi) is 5.84. The summed E-state index contributed by atoms with van der Waals surface area (Å²) in [6.45, 7) is 15.5. The Morgan fingerprint density at radius 2 is 1.97 bits per heavy atom.